The maximum atomic E-state index is 13.2. The van der Waals surface area contributed by atoms with Crippen LogP contribution in [-0.2, 0) is 6.54 Å². The molecule has 0 unspecified atom stereocenters. The first-order chi connectivity index (χ1) is 12.2. The van der Waals surface area contributed by atoms with Crippen molar-refractivity contribution in [2.75, 3.05) is 4.90 Å². The van der Waals surface area contributed by atoms with Gasteiger partial charge in [0.05, 0.1) is 29.4 Å². The lowest BCUT2D eigenvalue weighted by Gasteiger charge is -2.31. The number of fused-ring (bicyclic) bond motifs is 3. The number of carbonyl (C=O) groups is 1. The summed E-state index contributed by atoms with van der Waals surface area (Å²) in [5.74, 6) is -0.0849. The van der Waals surface area contributed by atoms with E-state index in [0.717, 1.165) is 16.8 Å². The molecule has 4 heteroatoms. The molecule has 0 bridgehead atoms. The molecule has 1 heterocycles. The molecule has 0 aromatic heterocycles. The van der Waals surface area contributed by atoms with Crippen molar-refractivity contribution in [1.82, 2.24) is 0 Å². The van der Waals surface area contributed by atoms with Crippen LogP contribution in [0.15, 0.2) is 71.2 Å². The second-order valence-electron chi connectivity index (χ2n) is 5.87. The Morgan fingerprint density at radius 2 is 1.72 bits per heavy atom. The molecule has 0 saturated heterocycles. The summed E-state index contributed by atoms with van der Waals surface area (Å²) in [6.45, 7) is 0.526. The zero-order valence-electron chi connectivity index (χ0n) is 13.2. The van der Waals surface area contributed by atoms with Crippen molar-refractivity contribution in [3.63, 3.8) is 0 Å². The first-order valence-electron chi connectivity index (χ1n) is 7.88. The number of hydrogen-bond acceptors (Lipinski definition) is 2. The van der Waals surface area contributed by atoms with E-state index in [-0.39, 0.29) is 5.91 Å². The van der Waals surface area contributed by atoms with Gasteiger partial charge in [0.1, 0.15) is 0 Å². The topological polar surface area (TPSA) is 44.1 Å². The van der Waals surface area contributed by atoms with Gasteiger partial charge in [0.15, 0.2) is 0 Å². The van der Waals surface area contributed by atoms with E-state index in [1.807, 2.05) is 36.4 Å². The molecule has 1 amide bonds. The molecular formula is C21H13BrN2O. The molecule has 0 saturated carbocycles. The summed E-state index contributed by atoms with van der Waals surface area (Å²) < 4.78 is 0.632. The predicted molar refractivity (Wildman–Crippen MR) is 101 cm³/mol. The van der Waals surface area contributed by atoms with E-state index >= 15 is 0 Å². The first kappa shape index (κ1) is 15.6. The highest BCUT2D eigenvalue weighted by Gasteiger charge is 2.27. The number of halogens is 1. The number of carbonyl (C=O) groups excluding carboxylic acids is 1. The summed E-state index contributed by atoms with van der Waals surface area (Å²) in [5, 5.41) is 9.01. The van der Waals surface area contributed by atoms with Crippen LogP contribution in [0.1, 0.15) is 21.5 Å². The number of nitriles is 1. The quantitative estimate of drug-likeness (QED) is 0.578. The molecule has 0 aliphatic carbocycles. The lowest BCUT2D eigenvalue weighted by molar-refractivity contribution is 0.0984. The number of anilines is 1. The van der Waals surface area contributed by atoms with Gasteiger partial charge < -0.3 is 4.90 Å². The average molecular weight is 389 g/mol. The average Bonchev–Trinajstić information content (AvgIpc) is 2.66. The van der Waals surface area contributed by atoms with E-state index in [4.69, 9.17) is 5.26 Å². The van der Waals surface area contributed by atoms with Gasteiger partial charge in [-0.1, -0.05) is 42.5 Å². The molecule has 120 valence electrons. The molecule has 0 radical (unpaired) electrons. The van der Waals surface area contributed by atoms with Gasteiger partial charge in [-0.15, -0.1) is 0 Å². The van der Waals surface area contributed by atoms with E-state index in [1.54, 1.807) is 23.1 Å². The van der Waals surface area contributed by atoms with Gasteiger partial charge in [-0.2, -0.15) is 5.26 Å². The molecule has 4 rings (SSSR count). The number of amides is 1. The molecule has 1 aliphatic rings. The predicted octanol–water partition coefficient (Wildman–Crippen LogP) is 5.15. The highest BCUT2D eigenvalue weighted by atomic mass is 79.9. The Balaban J connectivity index is 1.82. The molecule has 3 aromatic rings. The summed E-state index contributed by atoms with van der Waals surface area (Å²) >= 11 is 3.43. The normalized spacial score (nSPS) is 12.1. The minimum atomic E-state index is -0.0849. The third-order valence-corrected chi connectivity index (χ3v) is 5.06. The SMILES string of the molecule is N#Cc1ccc(C(=O)N2Cc3ccccc3-c3ccccc32)c(Br)c1. The third kappa shape index (κ3) is 2.63. The Morgan fingerprint density at radius 3 is 2.48 bits per heavy atom. The van der Waals surface area contributed by atoms with Gasteiger partial charge in [-0.25, -0.2) is 0 Å². The first-order valence-corrected chi connectivity index (χ1v) is 8.67. The van der Waals surface area contributed by atoms with Crippen molar-refractivity contribution in [2.24, 2.45) is 0 Å². The molecule has 0 spiro atoms. The maximum absolute atomic E-state index is 13.2. The monoisotopic (exact) mass is 388 g/mol. The number of rotatable bonds is 1. The molecule has 3 nitrogen and oxygen atoms in total. The van der Waals surface area contributed by atoms with Crippen molar-refractivity contribution >= 4 is 27.5 Å². The zero-order chi connectivity index (χ0) is 17.4. The molecule has 1 aliphatic heterocycles. The van der Waals surface area contributed by atoms with E-state index in [0.29, 0.717) is 22.1 Å². The minimum Gasteiger partial charge on any atom is -0.303 e. The van der Waals surface area contributed by atoms with Crippen LogP contribution in [0.2, 0.25) is 0 Å². The molecule has 0 N–H and O–H groups in total. The number of para-hydroxylation sites is 1. The van der Waals surface area contributed by atoms with E-state index < -0.39 is 0 Å². The van der Waals surface area contributed by atoms with E-state index in [2.05, 4.69) is 34.1 Å². The van der Waals surface area contributed by atoms with Crippen LogP contribution in [-0.4, -0.2) is 5.91 Å². The van der Waals surface area contributed by atoms with Crippen LogP contribution in [0.5, 0.6) is 0 Å². The molecule has 0 atom stereocenters. The van der Waals surface area contributed by atoms with E-state index in [9.17, 15) is 4.79 Å². The highest BCUT2D eigenvalue weighted by Crippen LogP contribution is 2.39. The lowest BCUT2D eigenvalue weighted by atomic mass is 9.93. The molecule has 25 heavy (non-hydrogen) atoms. The Hall–Kier alpha value is -2.90. The summed E-state index contributed by atoms with van der Waals surface area (Å²) in [6.07, 6.45) is 0. The standard InChI is InChI=1S/C21H13BrN2O/c22-19-11-14(12-23)9-10-18(19)21(25)24-13-15-5-1-2-6-16(15)17-7-3-4-8-20(17)24/h1-11H,13H2. The van der Waals surface area contributed by atoms with Gasteiger partial charge in [0, 0.05) is 10.0 Å². The van der Waals surface area contributed by atoms with Crippen molar-refractivity contribution in [1.29, 1.82) is 5.26 Å². The highest BCUT2D eigenvalue weighted by molar-refractivity contribution is 9.10. The smallest absolute Gasteiger partial charge is 0.259 e. The Morgan fingerprint density at radius 1 is 1.00 bits per heavy atom. The molecular weight excluding hydrogens is 376 g/mol. The summed E-state index contributed by atoms with van der Waals surface area (Å²) in [5.41, 5.74) is 5.33. The fraction of sp³-hybridized carbons (Fsp3) is 0.0476. The Bertz CT molecular complexity index is 1040. The molecule has 3 aromatic carbocycles. The summed E-state index contributed by atoms with van der Waals surface area (Å²) in [7, 11) is 0. The van der Waals surface area contributed by atoms with Crippen molar-refractivity contribution in [3.8, 4) is 17.2 Å². The van der Waals surface area contributed by atoms with Crippen LogP contribution < -0.4 is 4.90 Å². The Labute approximate surface area is 154 Å². The van der Waals surface area contributed by atoms with E-state index in [1.165, 1.54) is 5.56 Å². The largest absolute Gasteiger partial charge is 0.303 e. The third-order valence-electron chi connectivity index (χ3n) is 4.40. The number of hydrogen-bond donors (Lipinski definition) is 0. The van der Waals surface area contributed by atoms with Crippen LogP contribution >= 0.6 is 15.9 Å². The number of nitrogens with zero attached hydrogens (tertiary/aromatic N) is 2. The van der Waals surface area contributed by atoms with Gasteiger partial charge in [0.25, 0.3) is 5.91 Å². The van der Waals surface area contributed by atoms with Gasteiger partial charge in [0.2, 0.25) is 0 Å². The van der Waals surface area contributed by atoms with Crippen molar-refractivity contribution in [3.05, 3.63) is 87.9 Å². The van der Waals surface area contributed by atoms with Crippen molar-refractivity contribution < 1.29 is 4.79 Å². The lowest BCUT2D eigenvalue weighted by Crippen LogP contribution is -2.33. The van der Waals surface area contributed by atoms with Gasteiger partial charge in [-0.3, -0.25) is 4.79 Å². The van der Waals surface area contributed by atoms with Crippen LogP contribution in [0.3, 0.4) is 0 Å². The second kappa shape index (κ2) is 6.19. The van der Waals surface area contributed by atoms with Crippen LogP contribution in [0.4, 0.5) is 5.69 Å². The second-order valence-corrected chi connectivity index (χ2v) is 6.73. The van der Waals surface area contributed by atoms with Gasteiger partial charge in [-0.05, 0) is 51.3 Å². The zero-order valence-corrected chi connectivity index (χ0v) is 14.8. The summed E-state index contributed by atoms with van der Waals surface area (Å²) in [6, 6.07) is 23.2. The molecule has 0 fully saturated rings. The van der Waals surface area contributed by atoms with Gasteiger partial charge >= 0.3 is 0 Å². The van der Waals surface area contributed by atoms with Crippen LogP contribution in [0, 0.1) is 11.3 Å². The Kier molecular flexibility index (Phi) is 3.87. The summed E-state index contributed by atoms with van der Waals surface area (Å²) in [4.78, 5) is 15.0. The van der Waals surface area contributed by atoms with Crippen LogP contribution in [0.25, 0.3) is 11.1 Å². The fourth-order valence-corrected chi connectivity index (χ4v) is 3.75. The number of benzene rings is 3. The van der Waals surface area contributed by atoms with Crippen molar-refractivity contribution in [2.45, 2.75) is 6.54 Å². The maximum Gasteiger partial charge on any atom is 0.259 e. The fourth-order valence-electron chi connectivity index (χ4n) is 3.20. The minimum absolute atomic E-state index is 0.0849.